The van der Waals surface area contributed by atoms with Crippen molar-refractivity contribution in [1.82, 2.24) is 5.32 Å². The van der Waals surface area contributed by atoms with Crippen molar-refractivity contribution in [3.63, 3.8) is 0 Å². The summed E-state index contributed by atoms with van der Waals surface area (Å²) in [5, 5.41) is 15.0. The molecule has 0 aliphatic carbocycles. The zero-order valence-electron chi connectivity index (χ0n) is 19.0. The van der Waals surface area contributed by atoms with Gasteiger partial charge in [0.1, 0.15) is 0 Å². The predicted molar refractivity (Wildman–Crippen MR) is 141 cm³/mol. The van der Waals surface area contributed by atoms with Crippen molar-refractivity contribution >= 4 is 67.8 Å². The molecule has 3 aromatic rings. The molecule has 0 atom stereocenters. The van der Waals surface area contributed by atoms with Crippen molar-refractivity contribution in [2.24, 2.45) is 4.99 Å². The van der Waals surface area contributed by atoms with E-state index in [2.05, 4.69) is 26.2 Å². The number of hydrogen-bond donors (Lipinski definition) is 1. The fourth-order valence-corrected chi connectivity index (χ4v) is 4.73. The van der Waals surface area contributed by atoms with E-state index in [1.54, 1.807) is 36.4 Å². The van der Waals surface area contributed by atoms with Crippen LogP contribution < -0.4 is 14.8 Å². The fourth-order valence-electron chi connectivity index (χ4n) is 3.22. The van der Waals surface area contributed by atoms with Crippen molar-refractivity contribution in [2.75, 3.05) is 7.11 Å². The molecule has 4 rings (SSSR count). The number of carbonyl (C=O) groups excluding carboxylic acids is 1. The molecule has 0 radical (unpaired) electrons. The largest absolute Gasteiger partial charge is 0.493 e. The van der Waals surface area contributed by atoms with Crippen LogP contribution in [0.3, 0.4) is 0 Å². The number of aliphatic imine (C=N–C) groups is 1. The van der Waals surface area contributed by atoms with Crippen molar-refractivity contribution in [3.05, 3.63) is 90.2 Å². The van der Waals surface area contributed by atoms with Gasteiger partial charge in [-0.3, -0.25) is 14.9 Å². The minimum absolute atomic E-state index is 0.00831. The summed E-state index contributed by atoms with van der Waals surface area (Å²) in [5.41, 5.74) is -0.947. The minimum atomic E-state index is -4.76. The molecule has 1 N–H and O–H groups in total. The molecule has 8 nitrogen and oxygen atoms in total. The molecule has 38 heavy (non-hydrogen) atoms. The Morgan fingerprint density at radius 1 is 1.13 bits per heavy atom. The van der Waals surface area contributed by atoms with Gasteiger partial charge in [0.2, 0.25) is 5.75 Å². The number of alkyl halides is 3. The maximum atomic E-state index is 13.0. The molecule has 1 aliphatic rings. The third kappa shape index (κ3) is 6.29. The third-order valence-corrected chi connectivity index (χ3v) is 6.70. The normalized spacial score (nSPS) is 15.6. The summed E-state index contributed by atoms with van der Waals surface area (Å²) in [6.07, 6.45) is -3.19. The van der Waals surface area contributed by atoms with Gasteiger partial charge in [-0.05, 0) is 87.9 Å². The molecule has 14 heteroatoms. The molecule has 1 amide bonds. The Kier molecular flexibility index (Phi) is 7.99. The summed E-state index contributed by atoms with van der Waals surface area (Å²) in [4.78, 5) is 27.6. The van der Waals surface area contributed by atoms with Crippen LogP contribution in [-0.4, -0.2) is 23.1 Å². The lowest BCUT2D eigenvalue weighted by Gasteiger charge is -2.14. The van der Waals surface area contributed by atoms with Gasteiger partial charge in [0.05, 0.1) is 32.7 Å². The monoisotopic (exact) mass is 627 g/mol. The van der Waals surface area contributed by atoms with Crippen molar-refractivity contribution < 1.29 is 32.4 Å². The van der Waals surface area contributed by atoms with Gasteiger partial charge in [0.15, 0.2) is 16.7 Å². The van der Waals surface area contributed by atoms with Crippen molar-refractivity contribution in [1.29, 1.82) is 0 Å². The van der Waals surface area contributed by atoms with Gasteiger partial charge in [-0.25, -0.2) is 4.99 Å². The summed E-state index contributed by atoms with van der Waals surface area (Å²) < 4.78 is 50.3. The molecule has 1 aliphatic heterocycles. The molecular formula is C24H14BrClF3N3O5S. The number of nitro benzene ring substituents is 1. The molecule has 0 unspecified atom stereocenters. The number of benzene rings is 3. The average Bonchev–Trinajstić information content (AvgIpc) is 3.19. The standard InChI is InChI=1S/C24H14BrClF3N3O5S/c1-36-19-9-12(10-20-22(33)31-23(38-20)30-15-5-3-14(26)4-6-15)8-16(25)21(19)37-18-7-2-13(24(27,28)29)11-17(18)32(34)35/h2-11H,1H3,(H,30,31,33)/b20-10-. The Bertz CT molecular complexity index is 1500. The van der Waals surface area contributed by atoms with E-state index in [-0.39, 0.29) is 21.9 Å². The Morgan fingerprint density at radius 3 is 2.47 bits per heavy atom. The number of nitro groups is 1. The lowest BCUT2D eigenvalue weighted by atomic mass is 10.1. The van der Waals surface area contributed by atoms with Gasteiger partial charge in [-0.15, -0.1) is 0 Å². The number of hydrogen-bond acceptors (Lipinski definition) is 7. The molecular weight excluding hydrogens is 615 g/mol. The molecule has 0 saturated carbocycles. The van der Waals surface area contributed by atoms with Crippen LogP contribution >= 0.6 is 39.3 Å². The Hall–Kier alpha value is -3.55. The van der Waals surface area contributed by atoms with Crippen LogP contribution in [0.5, 0.6) is 17.2 Å². The zero-order chi connectivity index (χ0) is 27.6. The first-order valence-electron chi connectivity index (χ1n) is 10.4. The van der Waals surface area contributed by atoms with E-state index < -0.39 is 28.1 Å². The summed E-state index contributed by atoms with van der Waals surface area (Å²) in [6, 6.07) is 11.8. The summed E-state index contributed by atoms with van der Waals surface area (Å²) in [7, 11) is 1.32. The van der Waals surface area contributed by atoms with Crippen LogP contribution in [0, 0.1) is 10.1 Å². The molecule has 3 aromatic carbocycles. The predicted octanol–water partition coefficient (Wildman–Crippen LogP) is 7.72. The van der Waals surface area contributed by atoms with Gasteiger partial charge >= 0.3 is 11.9 Å². The first kappa shape index (κ1) is 27.5. The lowest BCUT2D eigenvalue weighted by Crippen LogP contribution is -2.19. The second-order valence-electron chi connectivity index (χ2n) is 7.53. The molecule has 0 aromatic heterocycles. The zero-order valence-corrected chi connectivity index (χ0v) is 22.2. The quantitative estimate of drug-likeness (QED) is 0.170. The highest BCUT2D eigenvalue weighted by atomic mass is 79.9. The van der Waals surface area contributed by atoms with Crippen LogP contribution in [0.25, 0.3) is 6.08 Å². The smallest absolute Gasteiger partial charge is 0.416 e. The number of carbonyl (C=O) groups is 1. The molecule has 1 heterocycles. The highest BCUT2D eigenvalue weighted by Gasteiger charge is 2.34. The number of ether oxygens (including phenoxy) is 2. The fraction of sp³-hybridized carbons (Fsp3) is 0.0833. The van der Waals surface area contributed by atoms with Gasteiger partial charge in [0, 0.05) is 11.1 Å². The SMILES string of the molecule is COc1cc(/C=C2\SC(=Nc3ccc(Cl)cc3)NC2=O)cc(Br)c1Oc1ccc(C(F)(F)F)cc1[N+](=O)[O-]. The van der Waals surface area contributed by atoms with Crippen LogP contribution in [0.15, 0.2) is 69.0 Å². The molecule has 0 bridgehead atoms. The van der Waals surface area contributed by atoms with Gasteiger partial charge in [-0.1, -0.05) is 11.6 Å². The number of nitrogens with zero attached hydrogens (tertiary/aromatic N) is 2. The molecule has 1 fully saturated rings. The number of methoxy groups -OCH3 is 1. The summed E-state index contributed by atoms with van der Waals surface area (Å²) in [5.74, 6) is -0.690. The van der Waals surface area contributed by atoms with Gasteiger partial charge < -0.3 is 14.8 Å². The molecule has 0 spiro atoms. The van der Waals surface area contributed by atoms with E-state index in [0.717, 1.165) is 17.8 Å². The van der Waals surface area contributed by atoms with Crippen LogP contribution in [-0.2, 0) is 11.0 Å². The number of nitrogens with one attached hydrogen (secondary N) is 1. The topological polar surface area (TPSA) is 103 Å². The summed E-state index contributed by atoms with van der Waals surface area (Å²) >= 11 is 10.3. The van der Waals surface area contributed by atoms with E-state index in [9.17, 15) is 28.1 Å². The number of amidine groups is 1. The average molecular weight is 629 g/mol. The highest BCUT2D eigenvalue weighted by molar-refractivity contribution is 9.10. The van der Waals surface area contributed by atoms with E-state index >= 15 is 0 Å². The first-order chi connectivity index (χ1) is 17.9. The van der Waals surface area contributed by atoms with E-state index in [0.29, 0.717) is 38.5 Å². The van der Waals surface area contributed by atoms with Crippen LogP contribution in [0.2, 0.25) is 5.02 Å². The Morgan fingerprint density at radius 2 is 1.84 bits per heavy atom. The molecule has 196 valence electrons. The number of rotatable bonds is 6. The lowest BCUT2D eigenvalue weighted by molar-refractivity contribution is -0.385. The molecule has 1 saturated heterocycles. The van der Waals surface area contributed by atoms with Crippen molar-refractivity contribution in [2.45, 2.75) is 6.18 Å². The third-order valence-electron chi connectivity index (χ3n) is 4.95. The van der Waals surface area contributed by atoms with Crippen molar-refractivity contribution in [3.8, 4) is 17.2 Å². The van der Waals surface area contributed by atoms with E-state index in [4.69, 9.17) is 21.1 Å². The van der Waals surface area contributed by atoms with E-state index in [1.165, 1.54) is 13.2 Å². The first-order valence-corrected chi connectivity index (χ1v) is 12.4. The minimum Gasteiger partial charge on any atom is -0.493 e. The second kappa shape index (κ2) is 11.1. The summed E-state index contributed by atoms with van der Waals surface area (Å²) in [6.45, 7) is 0. The number of thioether (sulfide) groups is 1. The van der Waals surface area contributed by atoms with Crippen LogP contribution in [0.1, 0.15) is 11.1 Å². The highest BCUT2D eigenvalue weighted by Crippen LogP contribution is 2.44. The maximum absolute atomic E-state index is 13.0. The van der Waals surface area contributed by atoms with Crippen LogP contribution in [0.4, 0.5) is 24.5 Å². The van der Waals surface area contributed by atoms with Gasteiger partial charge in [-0.2, -0.15) is 13.2 Å². The Labute approximate surface area is 230 Å². The van der Waals surface area contributed by atoms with E-state index in [1.807, 2.05) is 0 Å². The maximum Gasteiger partial charge on any atom is 0.416 e. The Balaban J connectivity index is 1.63. The second-order valence-corrected chi connectivity index (χ2v) is 9.85. The number of amides is 1. The van der Waals surface area contributed by atoms with Gasteiger partial charge in [0.25, 0.3) is 5.91 Å². The number of halogens is 5.